The lowest BCUT2D eigenvalue weighted by atomic mass is 9.84. The van der Waals surface area contributed by atoms with Crippen LogP contribution in [0.3, 0.4) is 0 Å². The number of carbonyl (C=O) groups is 1. The Morgan fingerprint density at radius 1 is 1.32 bits per heavy atom. The Hall–Kier alpha value is -1.56. The Bertz CT molecular complexity index is 492. The lowest BCUT2D eigenvalue weighted by Gasteiger charge is -2.27. The number of amides is 2. The summed E-state index contributed by atoms with van der Waals surface area (Å²) < 4.78 is 1.62. The van der Waals surface area contributed by atoms with E-state index in [0.29, 0.717) is 18.0 Å². The molecular weight excluding hydrogens is 280 g/mol. The molecule has 0 aromatic carbocycles. The van der Waals surface area contributed by atoms with Crippen LogP contribution in [0.15, 0.2) is 12.4 Å². The van der Waals surface area contributed by atoms with Crippen LogP contribution in [0.5, 0.6) is 0 Å². The topological polar surface area (TPSA) is 79.2 Å². The van der Waals surface area contributed by atoms with Crippen molar-refractivity contribution in [3.8, 4) is 0 Å². The summed E-state index contributed by atoms with van der Waals surface area (Å²) in [5, 5.41) is 20.0. The van der Waals surface area contributed by atoms with Crippen LogP contribution in [0.4, 0.5) is 4.79 Å². The van der Waals surface area contributed by atoms with Crippen molar-refractivity contribution >= 4 is 6.03 Å². The van der Waals surface area contributed by atoms with Crippen molar-refractivity contribution in [2.24, 2.45) is 18.4 Å². The summed E-state index contributed by atoms with van der Waals surface area (Å²) in [5.41, 5.74) is -0.411. The first-order valence-electron chi connectivity index (χ1n) is 7.75. The lowest BCUT2D eigenvalue weighted by Crippen LogP contribution is -2.45. The van der Waals surface area contributed by atoms with Gasteiger partial charge in [-0.2, -0.15) is 5.10 Å². The Labute approximate surface area is 133 Å². The fourth-order valence-corrected chi connectivity index (χ4v) is 2.61. The highest BCUT2D eigenvalue weighted by atomic mass is 16.3. The molecule has 1 aromatic rings. The van der Waals surface area contributed by atoms with Crippen molar-refractivity contribution in [1.29, 1.82) is 0 Å². The highest BCUT2D eigenvalue weighted by molar-refractivity contribution is 5.73. The molecule has 0 saturated heterocycles. The molecular formula is C16H30N4O2. The number of aromatic nitrogens is 2. The molecule has 1 rings (SSSR count). The predicted octanol–water partition coefficient (Wildman–Crippen LogP) is 2.00. The molecule has 6 nitrogen and oxygen atoms in total. The molecule has 1 atom stereocenters. The Morgan fingerprint density at radius 3 is 2.41 bits per heavy atom. The van der Waals surface area contributed by atoms with E-state index >= 15 is 0 Å². The van der Waals surface area contributed by atoms with Crippen molar-refractivity contribution in [2.45, 2.75) is 46.6 Å². The number of nitrogens with one attached hydrogen (secondary N) is 2. The van der Waals surface area contributed by atoms with E-state index in [2.05, 4.69) is 43.4 Å². The largest absolute Gasteiger partial charge is 0.383 e. The molecule has 1 heterocycles. The van der Waals surface area contributed by atoms with Gasteiger partial charge in [0.15, 0.2) is 0 Å². The third-order valence-electron chi connectivity index (χ3n) is 3.61. The van der Waals surface area contributed by atoms with Gasteiger partial charge in [0.2, 0.25) is 0 Å². The first-order chi connectivity index (χ1) is 10.0. The van der Waals surface area contributed by atoms with E-state index < -0.39 is 5.60 Å². The number of urea groups is 1. The van der Waals surface area contributed by atoms with Gasteiger partial charge in [-0.3, -0.25) is 4.68 Å². The van der Waals surface area contributed by atoms with Gasteiger partial charge in [-0.1, -0.05) is 27.7 Å². The highest BCUT2D eigenvalue weighted by Crippen LogP contribution is 2.24. The smallest absolute Gasteiger partial charge is 0.314 e. The zero-order chi connectivity index (χ0) is 17.0. The number of aryl methyl sites for hydroxylation is 1. The van der Waals surface area contributed by atoms with Crippen molar-refractivity contribution in [3.05, 3.63) is 18.0 Å². The first kappa shape index (κ1) is 18.5. The van der Waals surface area contributed by atoms with Gasteiger partial charge in [0.25, 0.3) is 0 Å². The molecule has 1 unspecified atom stereocenters. The van der Waals surface area contributed by atoms with Gasteiger partial charge in [-0.05, 0) is 24.7 Å². The zero-order valence-corrected chi connectivity index (χ0v) is 14.6. The Morgan fingerprint density at radius 2 is 1.91 bits per heavy atom. The molecule has 0 saturated carbocycles. The van der Waals surface area contributed by atoms with Crippen LogP contribution in [-0.2, 0) is 12.6 Å². The quantitative estimate of drug-likeness (QED) is 0.720. The first-order valence-corrected chi connectivity index (χ1v) is 7.75. The number of aliphatic hydroxyl groups is 1. The SMILES string of the molecule is CC(C)CC(C)(C)CNC(=O)NCC(C)(O)c1cnn(C)c1. The lowest BCUT2D eigenvalue weighted by molar-refractivity contribution is 0.0592. The number of carbonyl (C=O) groups excluding carboxylic acids is 1. The standard InChI is InChI=1S/C16H30N4O2/c1-12(2)7-15(3,4)10-17-14(21)18-11-16(5,22)13-8-19-20(6)9-13/h8-9,12,22H,7,10-11H2,1-6H3,(H2,17,18,21). The molecule has 22 heavy (non-hydrogen) atoms. The maximum Gasteiger partial charge on any atom is 0.314 e. The van der Waals surface area contributed by atoms with E-state index in [1.165, 1.54) is 0 Å². The van der Waals surface area contributed by atoms with Gasteiger partial charge in [0.05, 0.1) is 12.7 Å². The van der Waals surface area contributed by atoms with E-state index in [-0.39, 0.29) is 18.0 Å². The summed E-state index contributed by atoms with van der Waals surface area (Å²) in [4.78, 5) is 11.9. The molecule has 0 spiro atoms. The molecule has 1 aromatic heterocycles. The second kappa shape index (κ2) is 7.13. The molecule has 3 N–H and O–H groups in total. The van der Waals surface area contributed by atoms with Crippen molar-refractivity contribution in [1.82, 2.24) is 20.4 Å². The summed E-state index contributed by atoms with van der Waals surface area (Å²) in [6, 6.07) is -0.263. The molecule has 0 aliphatic heterocycles. The monoisotopic (exact) mass is 310 g/mol. The van der Waals surface area contributed by atoms with Gasteiger partial charge < -0.3 is 15.7 Å². The maximum absolute atomic E-state index is 11.9. The van der Waals surface area contributed by atoms with E-state index in [1.807, 2.05) is 0 Å². The van der Waals surface area contributed by atoms with Crippen molar-refractivity contribution < 1.29 is 9.90 Å². The van der Waals surface area contributed by atoms with E-state index in [0.717, 1.165) is 6.42 Å². The van der Waals surface area contributed by atoms with Gasteiger partial charge >= 0.3 is 6.03 Å². The predicted molar refractivity (Wildman–Crippen MR) is 87.4 cm³/mol. The second-order valence-corrected chi connectivity index (χ2v) is 7.47. The van der Waals surface area contributed by atoms with E-state index in [1.54, 1.807) is 31.0 Å². The van der Waals surface area contributed by atoms with Crippen LogP contribution < -0.4 is 10.6 Å². The van der Waals surface area contributed by atoms with Crippen molar-refractivity contribution in [3.63, 3.8) is 0 Å². The minimum Gasteiger partial charge on any atom is -0.383 e. The number of hydrogen-bond donors (Lipinski definition) is 3. The second-order valence-electron chi connectivity index (χ2n) is 7.47. The Kier molecular flexibility index (Phi) is 6.00. The highest BCUT2D eigenvalue weighted by Gasteiger charge is 2.26. The summed E-state index contributed by atoms with van der Waals surface area (Å²) in [6.07, 6.45) is 4.39. The van der Waals surface area contributed by atoms with Gasteiger partial charge in [-0.15, -0.1) is 0 Å². The molecule has 0 fully saturated rings. The average molecular weight is 310 g/mol. The molecule has 6 heteroatoms. The summed E-state index contributed by atoms with van der Waals surface area (Å²) in [5.74, 6) is 0.589. The fraction of sp³-hybridized carbons (Fsp3) is 0.750. The number of rotatable bonds is 7. The molecule has 0 aliphatic carbocycles. The van der Waals surface area contributed by atoms with Crippen LogP contribution in [0.25, 0.3) is 0 Å². The van der Waals surface area contributed by atoms with Crippen molar-refractivity contribution in [2.75, 3.05) is 13.1 Å². The van der Waals surface area contributed by atoms with Crippen LogP contribution in [-0.4, -0.2) is 34.0 Å². The number of nitrogens with zero attached hydrogens (tertiary/aromatic N) is 2. The van der Waals surface area contributed by atoms with E-state index in [4.69, 9.17) is 0 Å². The summed E-state index contributed by atoms with van der Waals surface area (Å²) in [7, 11) is 1.79. The van der Waals surface area contributed by atoms with Crippen LogP contribution in [0, 0.1) is 11.3 Å². The molecule has 0 aliphatic rings. The van der Waals surface area contributed by atoms with Gasteiger partial charge in [0.1, 0.15) is 5.60 Å². The minimum absolute atomic E-state index is 0.0530. The van der Waals surface area contributed by atoms with Gasteiger partial charge in [-0.25, -0.2) is 4.79 Å². The third kappa shape index (κ3) is 6.05. The van der Waals surface area contributed by atoms with Crippen LogP contribution in [0.1, 0.15) is 46.6 Å². The third-order valence-corrected chi connectivity index (χ3v) is 3.61. The zero-order valence-electron chi connectivity index (χ0n) is 14.6. The minimum atomic E-state index is -1.14. The fourth-order valence-electron chi connectivity index (χ4n) is 2.61. The molecule has 0 radical (unpaired) electrons. The van der Waals surface area contributed by atoms with Crippen LogP contribution in [0.2, 0.25) is 0 Å². The number of hydrogen-bond acceptors (Lipinski definition) is 3. The summed E-state index contributed by atoms with van der Waals surface area (Å²) >= 11 is 0. The molecule has 126 valence electrons. The van der Waals surface area contributed by atoms with Crippen LogP contribution >= 0.6 is 0 Å². The average Bonchev–Trinajstić information content (AvgIpc) is 2.80. The molecule has 2 amide bonds. The Balaban J connectivity index is 2.43. The summed E-state index contributed by atoms with van der Waals surface area (Å²) in [6.45, 7) is 11.0. The van der Waals surface area contributed by atoms with E-state index in [9.17, 15) is 9.90 Å². The molecule has 0 bridgehead atoms. The van der Waals surface area contributed by atoms with Gasteiger partial charge in [0, 0.05) is 25.4 Å². The normalized spacial score (nSPS) is 14.7. The maximum atomic E-state index is 11.9.